The molecule has 0 aliphatic heterocycles. The summed E-state index contributed by atoms with van der Waals surface area (Å²) in [5.41, 5.74) is 0. The minimum absolute atomic E-state index is 1.13. The lowest BCUT2D eigenvalue weighted by Crippen LogP contribution is -1.67. The molecule has 0 radical (unpaired) electrons. The van der Waals surface area contributed by atoms with Crippen LogP contribution >= 0.6 is 86.4 Å². The Bertz CT molecular complexity index is 1320. The third kappa shape index (κ3) is 4.15. The van der Waals surface area contributed by atoms with Gasteiger partial charge in [-0.1, -0.05) is 63.7 Å². The van der Waals surface area contributed by atoms with Crippen LogP contribution in [0.4, 0.5) is 0 Å². The number of thiophene rings is 2. The molecule has 0 fully saturated rings. The van der Waals surface area contributed by atoms with Crippen molar-refractivity contribution < 1.29 is 0 Å². The lowest BCUT2D eigenvalue weighted by atomic mass is 10.2. The summed E-state index contributed by atoms with van der Waals surface area (Å²) in [6.45, 7) is 0. The minimum atomic E-state index is 1.13. The normalized spacial score (nSPS) is 11.3. The maximum atomic E-state index is 3.51. The number of rotatable bonds is 0. The monoisotopic (exact) mass is 680 g/mol. The zero-order chi connectivity index (χ0) is 20.8. The predicted molar refractivity (Wildman–Crippen MR) is 149 cm³/mol. The summed E-state index contributed by atoms with van der Waals surface area (Å²) >= 11 is 17.7. The van der Waals surface area contributed by atoms with Gasteiger partial charge in [0.25, 0.3) is 0 Å². The Balaban J connectivity index is 0.000000128. The van der Waals surface area contributed by atoms with Crippen LogP contribution in [0.25, 0.3) is 40.3 Å². The first-order valence-corrected chi connectivity index (χ1v) is 13.8. The third-order valence-corrected chi connectivity index (χ3v) is 9.06. The van der Waals surface area contributed by atoms with E-state index in [0.29, 0.717) is 0 Å². The zero-order valence-electron chi connectivity index (χ0n) is 15.3. The molecular weight excluding hydrogens is 672 g/mol. The van der Waals surface area contributed by atoms with Gasteiger partial charge in [0, 0.05) is 58.2 Å². The average molecular weight is 684 g/mol. The molecule has 0 bridgehead atoms. The molecule has 6 heteroatoms. The van der Waals surface area contributed by atoms with Crippen molar-refractivity contribution in [3.05, 3.63) is 90.7 Å². The number of benzene rings is 4. The van der Waals surface area contributed by atoms with E-state index in [1.54, 1.807) is 0 Å². The maximum absolute atomic E-state index is 3.51. The van der Waals surface area contributed by atoms with Crippen LogP contribution in [0, 0.1) is 0 Å². The molecule has 0 N–H and O–H groups in total. The van der Waals surface area contributed by atoms with Crippen LogP contribution in [-0.4, -0.2) is 0 Å². The van der Waals surface area contributed by atoms with Crippen molar-refractivity contribution in [2.24, 2.45) is 0 Å². The molecule has 0 aliphatic carbocycles. The largest absolute Gasteiger partial charge is 0.135 e. The van der Waals surface area contributed by atoms with Crippen LogP contribution < -0.4 is 0 Å². The van der Waals surface area contributed by atoms with Crippen LogP contribution in [0.15, 0.2) is 90.7 Å². The molecule has 0 amide bonds. The van der Waals surface area contributed by atoms with Gasteiger partial charge in [0.15, 0.2) is 0 Å². The first-order valence-electron chi connectivity index (χ1n) is 9.02. The van der Waals surface area contributed by atoms with Crippen LogP contribution in [0.3, 0.4) is 0 Å². The van der Waals surface area contributed by atoms with Crippen LogP contribution in [0.1, 0.15) is 0 Å². The fourth-order valence-electron chi connectivity index (χ4n) is 3.44. The third-order valence-electron chi connectivity index (χ3n) is 4.79. The Morgan fingerprint density at radius 3 is 0.833 bits per heavy atom. The SMILES string of the molecule is Brc1ccc2sc3ccc(Br)cc3c2c1.Brc1ccc2sc3ccc(Br)cc3c2c1. The molecule has 148 valence electrons. The van der Waals surface area contributed by atoms with Gasteiger partial charge in [-0.2, -0.15) is 0 Å². The van der Waals surface area contributed by atoms with Gasteiger partial charge in [-0.25, -0.2) is 0 Å². The van der Waals surface area contributed by atoms with E-state index in [1.165, 1.54) is 40.3 Å². The van der Waals surface area contributed by atoms with E-state index in [-0.39, 0.29) is 0 Å². The quantitative estimate of drug-likeness (QED) is 0.149. The van der Waals surface area contributed by atoms with Crippen LogP contribution in [0.2, 0.25) is 0 Å². The molecule has 6 aromatic rings. The van der Waals surface area contributed by atoms with Gasteiger partial charge in [-0.15, -0.1) is 22.7 Å². The summed E-state index contributed by atoms with van der Waals surface area (Å²) in [6.07, 6.45) is 0. The summed E-state index contributed by atoms with van der Waals surface area (Å²) in [5, 5.41) is 5.30. The van der Waals surface area contributed by atoms with Crippen molar-refractivity contribution in [2.45, 2.75) is 0 Å². The fourth-order valence-corrected chi connectivity index (χ4v) is 7.02. The molecule has 0 aliphatic rings. The van der Waals surface area contributed by atoms with Crippen molar-refractivity contribution in [1.29, 1.82) is 0 Å². The highest BCUT2D eigenvalue weighted by Crippen LogP contribution is 2.37. The second kappa shape index (κ2) is 8.64. The number of hydrogen-bond donors (Lipinski definition) is 0. The Kier molecular flexibility index (Phi) is 6.08. The molecule has 0 spiro atoms. The van der Waals surface area contributed by atoms with Crippen molar-refractivity contribution >= 4 is 127 Å². The fraction of sp³-hybridized carbons (Fsp3) is 0. The highest BCUT2D eigenvalue weighted by Gasteiger charge is 2.06. The van der Waals surface area contributed by atoms with Gasteiger partial charge < -0.3 is 0 Å². The molecular formula is C24H12Br4S2. The Hall–Kier alpha value is -0.760. The van der Waals surface area contributed by atoms with Crippen LogP contribution in [-0.2, 0) is 0 Å². The number of hydrogen-bond acceptors (Lipinski definition) is 2. The van der Waals surface area contributed by atoms with E-state index in [2.05, 4.69) is 137 Å². The van der Waals surface area contributed by atoms with Gasteiger partial charge in [0.2, 0.25) is 0 Å². The summed E-state index contributed by atoms with van der Waals surface area (Å²) < 4.78 is 9.89. The molecule has 4 aromatic carbocycles. The lowest BCUT2D eigenvalue weighted by Gasteiger charge is -1.93. The molecule has 2 aromatic heterocycles. The van der Waals surface area contributed by atoms with Crippen molar-refractivity contribution in [1.82, 2.24) is 0 Å². The molecule has 0 saturated carbocycles. The number of fused-ring (bicyclic) bond motifs is 6. The van der Waals surface area contributed by atoms with Crippen molar-refractivity contribution in [3.8, 4) is 0 Å². The highest BCUT2D eigenvalue weighted by molar-refractivity contribution is 9.11. The Morgan fingerprint density at radius 2 is 0.600 bits per heavy atom. The minimum Gasteiger partial charge on any atom is -0.135 e. The number of halogens is 4. The second-order valence-electron chi connectivity index (χ2n) is 6.77. The van der Waals surface area contributed by atoms with Crippen LogP contribution in [0.5, 0.6) is 0 Å². The molecule has 0 unspecified atom stereocenters. The summed E-state index contributed by atoms with van der Waals surface area (Å²) in [6, 6.07) is 25.7. The van der Waals surface area contributed by atoms with Gasteiger partial charge in [-0.3, -0.25) is 0 Å². The van der Waals surface area contributed by atoms with E-state index < -0.39 is 0 Å². The first-order chi connectivity index (χ1) is 14.5. The van der Waals surface area contributed by atoms with Gasteiger partial charge >= 0.3 is 0 Å². The standard InChI is InChI=1S/2C12H6Br2S/c2*13-7-1-3-11-9(5-7)10-6-8(14)2-4-12(10)15-11/h2*1-6H. The average Bonchev–Trinajstić information content (AvgIpc) is 3.26. The molecule has 0 saturated heterocycles. The van der Waals surface area contributed by atoms with Crippen molar-refractivity contribution in [2.75, 3.05) is 0 Å². The highest BCUT2D eigenvalue weighted by atomic mass is 79.9. The van der Waals surface area contributed by atoms with E-state index >= 15 is 0 Å². The first kappa shape index (κ1) is 21.1. The predicted octanol–water partition coefficient (Wildman–Crippen LogP) is 11.2. The van der Waals surface area contributed by atoms with Crippen molar-refractivity contribution in [3.63, 3.8) is 0 Å². The topological polar surface area (TPSA) is 0 Å². The van der Waals surface area contributed by atoms with E-state index in [9.17, 15) is 0 Å². The Labute approximate surface area is 215 Å². The lowest BCUT2D eigenvalue weighted by molar-refractivity contribution is 1.75. The van der Waals surface area contributed by atoms with E-state index in [0.717, 1.165) is 17.9 Å². The smallest absolute Gasteiger partial charge is 0.0356 e. The van der Waals surface area contributed by atoms with Gasteiger partial charge in [-0.05, 0) is 72.8 Å². The van der Waals surface area contributed by atoms with E-state index in [4.69, 9.17) is 0 Å². The maximum Gasteiger partial charge on any atom is 0.0356 e. The zero-order valence-corrected chi connectivity index (χ0v) is 23.2. The molecule has 2 heterocycles. The summed E-state index contributed by atoms with van der Waals surface area (Å²) in [7, 11) is 0. The van der Waals surface area contributed by atoms with Gasteiger partial charge in [0.05, 0.1) is 0 Å². The second-order valence-corrected chi connectivity index (χ2v) is 12.6. The van der Waals surface area contributed by atoms with Gasteiger partial charge in [0.1, 0.15) is 0 Å². The molecule has 6 rings (SSSR count). The molecule has 0 nitrogen and oxygen atoms in total. The van der Waals surface area contributed by atoms with E-state index in [1.807, 2.05) is 22.7 Å². The molecule has 30 heavy (non-hydrogen) atoms. The molecule has 0 atom stereocenters. The summed E-state index contributed by atoms with van der Waals surface area (Å²) in [4.78, 5) is 0. The summed E-state index contributed by atoms with van der Waals surface area (Å²) in [5.74, 6) is 0. The Morgan fingerprint density at radius 1 is 0.367 bits per heavy atom.